The molecule has 2 heterocycles. The molecular weight excluding hydrogens is 138 g/mol. The van der Waals surface area contributed by atoms with Crippen molar-refractivity contribution in [1.29, 1.82) is 0 Å². The standard InChI is InChI=1S/C8H13N3/c1-2-7-3-4-11-6-9-10-8(11)5-7/h6-7H,2-5H2,1H3/t7-/m0/s1. The van der Waals surface area contributed by atoms with Crippen LogP contribution in [0, 0.1) is 5.92 Å². The molecule has 1 aromatic rings. The molecule has 1 aromatic heterocycles. The minimum Gasteiger partial charge on any atom is -0.318 e. The summed E-state index contributed by atoms with van der Waals surface area (Å²) < 4.78 is 2.16. The highest BCUT2D eigenvalue weighted by atomic mass is 15.3. The Labute approximate surface area is 66.4 Å². The van der Waals surface area contributed by atoms with E-state index in [1.807, 2.05) is 6.33 Å². The lowest BCUT2D eigenvalue weighted by Gasteiger charge is -2.20. The minimum absolute atomic E-state index is 0.840. The van der Waals surface area contributed by atoms with Crippen molar-refractivity contribution in [3.05, 3.63) is 12.2 Å². The van der Waals surface area contributed by atoms with E-state index in [1.54, 1.807) is 0 Å². The third-order valence-electron chi connectivity index (χ3n) is 2.52. The van der Waals surface area contributed by atoms with Crippen LogP contribution in [-0.4, -0.2) is 14.8 Å². The molecule has 60 valence electrons. The van der Waals surface area contributed by atoms with Gasteiger partial charge in [-0.2, -0.15) is 0 Å². The molecule has 0 spiro atoms. The third kappa shape index (κ3) is 1.15. The normalized spacial score (nSPS) is 23.2. The van der Waals surface area contributed by atoms with E-state index in [0.29, 0.717) is 0 Å². The van der Waals surface area contributed by atoms with Gasteiger partial charge >= 0.3 is 0 Å². The highest BCUT2D eigenvalue weighted by molar-refractivity contribution is 4.91. The van der Waals surface area contributed by atoms with Crippen LogP contribution in [0.5, 0.6) is 0 Å². The molecule has 0 aliphatic carbocycles. The Morgan fingerprint density at radius 1 is 1.73 bits per heavy atom. The first-order valence-electron chi connectivity index (χ1n) is 4.27. The molecule has 0 aromatic carbocycles. The minimum atomic E-state index is 0.840. The van der Waals surface area contributed by atoms with Crippen molar-refractivity contribution in [3.63, 3.8) is 0 Å². The van der Waals surface area contributed by atoms with Gasteiger partial charge in [0.05, 0.1) is 0 Å². The number of rotatable bonds is 1. The summed E-state index contributed by atoms with van der Waals surface area (Å²) in [7, 11) is 0. The van der Waals surface area contributed by atoms with Gasteiger partial charge in [0.15, 0.2) is 0 Å². The van der Waals surface area contributed by atoms with Crippen molar-refractivity contribution < 1.29 is 0 Å². The monoisotopic (exact) mass is 151 g/mol. The van der Waals surface area contributed by atoms with E-state index >= 15 is 0 Å². The van der Waals surface area contributed by atoms with Gasteiger partial charge in [-0.3, -0.25) is 0 Å². The number of aryl methyl sites for hydroxylation is 1. The summed E-state index contributed by atoms with van der Waals surface area (Å²) in [5, 5.41) is 7.95. The Morgan fingerprint density at radius 2 is 2.64 bits per heavy atom. The Balaban J connectivity index is 2.18. The van der Waals surface area contributed by atoms with Crippen molar-refractivity contribution in [3.8, 4) is 0 Å². The van der Waals surface area contributed by atoms with Gasteiger partial charge in [-0.1, -0.05) is 13.3 Å². The molecule has 0 amide bonds. The van der Waals surface area contributed by atoms with Crippen LogP contribution in [0.4, 0.5) is 0 Å². The number of nitrogens with zero attached hydrogens (tertiary/aromatic N) is 3. The van der Waals surface area contributed by atoms with Crippen LogP contribution in [0.2, 0.25) is 0 Å². The molecule has 0 bridgehead atoms. The van der Waals surface area contributed by atoms with Crippen LogP contribution in [0.15, 0.2) is 6.33 Å². The summed E-state index contributed by atoms with van der Waals surface area (Å²) in [6.07, 6.45) is 5.52. The van der Waals surface area contributed by atoms with Gasteiger partial charge in [-0.15, -0.1) is 10.2 Å². The maximum absolute atomic E-state index is 4.07. The Bertz CT molecular complexity index is 241. The quantitative estimate of drug-likeness (QED) is 0.604. The van der Waals surface area contributed by atoms with E-state index in [0.717, 1.165) is 18.9 Å². The lowest BCUT2D eigenvalue weighted by atomic mass is 9.95. The largest absolute Gasteiger partial charge is 0.318 e. The third-order valence-corrected chi connectivity index (χ3v) is 2.52. The zero-order chi connectivity index (χ0) is 7.68. The second-order valence-corrected chi connectivity index (χ2v) is 3.21. The molecule has 11 heavy (non-hydrogen) atoms. The summed E-state index contributed by atoms with van der Waals surface area (Å²) in [6.45, 7) is 3.36. The van der Waals surface area contributed by atoms with Crippen molar-refractivity contribution in [1.82, 2.24) is 14.8 Å². The summed E-state index contributed by atoms with van der Waals surface area (Å²) in [5.74, 6) is 2.01. The molecule has 3 nitrogen and oxygen atoms in total. The number of hydrogen-bond acceptors (Lipinski definition) is 2. The van der Waals surface area contributed by atoms with Crippen LogP contribution >= 0.6 is 0 Å². The van der Waals surface area contributed by atoms with Crippen LogP contribution in [-0.2, 0) is 13.0 Å². The second-order valence-electron chi connectivity index (χ2n) is 3.21. The first kappa shape index (κ1) is 6.83. The van der Waals surface area contributed by atoms with Crippen LogP contribution in [0.25, 0.3) is 0 Å². The summed E-state index contributed by atoms with van der Waals surface area (Å²) in [6, 6.07) is 0. The molecule has 0 N–H and O–H groups in total. The molecule has 2 rings (SSSR count). The van der Waals surface area contributed by atoms with Crippen LogP contribution < -0.4 is 0 Å². The van der Waals surface area contributed by atoms with Gasteiger partial charge in [-0.05, 0) is 12.3 Å². The second kappa shape index (κ2) is 2.64. The number of aromatic nitrogens is 3. The van der Waals surface area contributed by atoms with E-state index < -0.39 is 0 Å². The van der Waals surface area contributed by atoms with E-state index in [-0.39, 0.29) is 0 Å². The molecule has 1 atom stereocenters. The van der Waals surface area contributed by atoms with Gasteiger partial charge < -0.3 is 4.57 Å². The Hall–Kier alpha value is -0.860. The number of fused-ring (bicyclic) bond motifs is 1. The first-order chi connectivity index (χ1) is 5.40. The highest BCUT2D eigenvalue weighted by Gasteiger charge is 2.17. The summed E-state index contributed by atoms with van der Waals surface area (Å²) in [4.78, 5) is 0. The summed E-state index contributed by atoms with van der Waals surface area (Å²) in [5.41, 5.74) is 0. The zero-order valence-corrected chi connectivity index (χ0v) is 6.82. The maximum Gasteiger partial charge on any atom is 0.133 e. The lowest BCUT2D eigenvalue weighted by Crippen LogP contribution is -2.18. The number of hydrogen-bond donors (Lipinski definition) is 0. The van der Waals surface area contributed by atoms with Gasteiger partial charge in [-0.25, -0.2) is 0 Å². The summed E-state index contributed by atoms with van der Waals surface area (Å²) >= 11 is 0. The molecule has 1 aliphatic rings. The maximum atomic E-state index is 4.07. The zero-order valence-electron chi connectivity index (χ0n) is 6.82. The first-order valence-corrected chi connectivity index (χ1v) is 4.27. The van der Waals surface area contributed by atoms with Crippen molar-refractivity contribution in [2.24, 2.45) is 5.92 Å². The van der Waals surface area contributed by atoms with E-state index in [4.69, 9.17) is 0 Å². The Kier molecular flexibility index (Phi) is 1.64. The van der Waals surface area contributed by atoms with Crippen molar-refractivity contribution in [2.75, 3.05) is 0 Å². The van der Waals surface area contributed by atoms with E-state index in [1.165, 1.54) is 18.7 Å². The molecule has 0 fully saturated rings. The fourth-order valence-corrected chi connectivity index (χ4v) is 1.65. The molecule has 0 saturated carbocycles. The van der Waals surface area contributed by atoms with Crippen LogP contribution in [0.3, 0.4) is 0 Å². The van der Waals surface area contributed by atoms with Crippen molar-refractivity contribution in [2.45, 2.75) is 32.7 Å². The lowest BCUT2D eigenvalue weighted by molar-refractivity contribution is 0.372. The molecule has 1 aliphatic heterocycles. The molecule has 0 saturated heterocycles. The fourth-order valence-electron chi connectivity index (χ4n) is 1.65. The Morgan fingerprint density at radius 3 is 3.45 bits per heavy atom. The van der Waals surface area contributed by atoms with Crippen LogP contribution in [0.1, 0.15) is 25.6 Å². The van der Waals surface area contributed by atoms with Gasteiger partial charge in [0.1, 0.15) is 12.2 Å². The highest BCUT2D eigenvalue weighted by Crippen LogP contribution is 2.20. The van der Waals surface area contributed by atoms with Gasteiger partial charge in [0.2, 0.25) is 0 Å². The molecule has 3 heteroatoms. The fraction of sp³-hybridized carbons (Fsp3) is 0.750. The molecular formula is C8H13N3. The average Bonchev–Trinajstić information content (AvgIpc) is 2.50. The topological polar surface area (TPSA) is 30.7 Å². The average molecular weight is 151 g/mol. The smallest absolute Gasteiger partial charge is 0.133 e. The van der Waals surface area contributed by atoms with Crippen molar-refractivity contribution >= 4 is 0 Å². The van der Waals surface area contributed by atoms with Gasteiger partial charge in [0.25, 0.3) is 0 Å². The predicted octanol–water partition coefficient (Wildman–Crippen LogP) is 1.25. The van der Waals surface area contributed by atoms with E-state index in [2.05, 4.69) is 21.7 Å². The SMILES string of the molecule is CC[C@H]1CCn2cnnc2C1. The van der Waals surface area contributed by atoms with Gasteiger partial charge in [0, 0.05) is 13.0 Å². The molecule has 0 unspecified atom stereocenters. The predicted molar refractivity (Wildman–Crippen MR) is 42.1 cm³/mol. The molecule has 0 radical (unpaired) electrons. The van der Waals surface area contributed by atoms with E-state index in [9.17, 15) is 0 Å².